The van der Waals surface area contributed by atoms with Crippen LogP contribution in [0.5, 0.6) is 0 Å². The summed E-state index contributed by atoms with van der Waals surface area (Å²) in [6.45, 7) is 3.97. The summed E-state index contributed by atoms with van der Waals surface area (Å²) in [5.74, 6) is 0. The molecule has 32 heavy (non-hydrogen) atoms. The van der Waals surface area contributed by atoms with Crippen LogP contribution in [0.2, 0.25) is 5.02 Å². The van der Waals surface area contributed by atoms with Gasteiger partial charge in [0.25, 0.3) is 10.0 Å². The van der Waals surface area contributed by atoms with Gasteiger partial charge in [0.05, 0.1) is 10.6 Å². The summed E-state index contributed by atoms with van der Waals surface area (Å²) >= 11 is 7.64. The highest BCUT2D eigenvalue weighted by molar-refractivity contribution is 7.92. The Bertz CT molecular complexity index is 1410. The molecular formula is C24H24ClN3O2S2. The first-order chi connectivity index (χ1) is 15.2. The van der Waals surface area contributed by atoms with Crippen LogP contribution >= 0.6 is 22.9 Å². The lowest BCUT2D eigenvalue weighted by Gasteiger charge is -2.15. The molecule has 0 fully saturated rings. The second kappa shape index (κ2) is 8.73. The Kier molecular flexibility index (Phi) is 6.16. The average molecular weight is 486 g/mol. The molecular weight excluding hydrogens is 462 g/mol. The third kappa shape index (κ3) is 4.33. The van der Waals surface area contributed by atoms with Crippen molar-refractivity contribution in [3.05, 3.63) is 70.2 Å². The number of hydrogen-bond donors (Lipinski definition) is 1. The molecule has 0 saturated carbocycles. The molecule has 0 spiro atoms. The van der Waals surface area contributed by atoms with Gasteiger partial charge in [-0.05, 0) is 55.3 Å². The first-order valence-electron chi connectivity index (χ1n) is 10.2. The Labute approximate surface area is 197 Å². The van der Waals surface area contributed by atoms with Crippen LogP contribution in [-0.2, 0) is 16.4 Å². The minimum absolute atomic E-state index is 0.120. The van der Waals surface area contributed by atoms with Crippen molar-refractivity contribution in [2.75, 3.05) is 23.7 Å². The molecule has 0 radical (unpaired) electrons. The SMILES string of the molecule is CCc1sc2nc(C)cc(NS(=O)(=O)c3cccc(Cl)c3)c2c1-c1cccc(N(C)C)c1. The zero-order valence-corrected chi connectivity index (χ0v) is 20.7. The number of fused-ring (bicyclic) bond motifs is 1. The molecule has 0 aliphatic rings. The van der Waals surface area contributed by atoms with Gasteiger partial charge in [-0.1, -0.05) is 36.7 Å². The first-order valence-corrected chi connectivity index (χ1v) is 12.9. The molecule has 0 amide bonds. The van der Waals surface area contributed by atoms with Gasteiger partial charge in [0.15, 0.2) is 0 Å². The van der Waals surface area contributed by atoms with E-state index in [-0.39, 0.29) is 4.90 Å². The predicted octanol–water partition coefficient (Wildman–Crippen LogP) is 6.35. The largest absolute Gasteiger partial charge is 0.378 e. The van der Waals surface area contributed by atoms with Crippen molar-refractivity contribution >= 4 is 54.6 Å². The molecule has 1 N–H and O–H groups in total. The van der Waals surface area contributed by atoms with Crippen molar-refractivity contribution in [2.45, 2.75) is 25.2 Å². The Hall–Kier alpha value is -2.61. The molecule has 0 atom stereocenters. The molecule has 0 aliphatic carbocycles. The van der Waals surface area contributed by atoms with Crippen molar-refractivity contribution in [3.8, 4) is 11.1 Å². The molecule has 2 aromatic carbocycles. The number of nitrogens with one attached hydrogen (secondary N) is 1. The number of pyridine rings is 1. The molecule has 0 unspecified atom stereocenters. The number of halogens is 1. The number of aromatic nitrogens is 1. The van der Waals surface area contributed by atoms with Crippen LogP contribution < -0.4 is 9.62 Å². The summed E-state index contributed by atoms with van der Waals surface area (Å²) in [5, 5.41) is 1.19. The lowest BCUT2D eigenvalue weighted by molar-refractivity contribution is 0.601. The van der Waals surface area contributed by atoms with E-state index in [1.165, 1.54) is 12.1 Å². The quantitative estimate of drug-likeness (QED) is 0.345. The van der Waals surface area contributed by atoms with Crippen molar-refractivity contribution in [1.29, 1.82) is 0 Å². The number of aryl methyl sites for hydroxylation is 2. The zero-order valence-electron chi connectivity index (χ0n) is 18.3. The van der Waals surface area contributed by atoms with Gasteiger partial charge in [-0.25, -0.2) is 13.4 Å². The molecule has 4 rings (SSSR count). The molecule has 166 valence electrons. The Morgan fingerprint density at radius 3 is 2.53 bits per heavy atom. The van der Waals surface area contributed by atoms with E-state index >= 15 is 0 Å². The predicted molar refractivity (Wildman–Crippen MR) is 136 cm³/mol. The number of nitrogens with zero attached hydrogens (tertiary/aromatic N) is 2. The fourth-order valence-electron chi connectivity index (χ4n) is 3.68. The van der Waals surface area contributed by atoms with Crippen LogP contribution in [-0.4, -0.2) is 27.5 Å². The van der Waals surface area contributed by atoms with Crippen LogP contribution in [0.3, 0.4) is 0 Å². The Balaban J connectivity index is 1.94. The van der Waals surface area contributed by atoms with Crippen LogP contribution in [0.25, 0.3) is 21.3 Å². The fraction of sp³-hybridized carbons (Fsp3) is 0.208. The summed E-state index contributed by atoms with van der Waals surface area (Å²) in [4.78, 5) is 8.87. The third-order valence-corrected chi connectivity index (χ3v) is 8.01. The maximum Gasteiger partial charge on any atom is 0.261 e. The van der Waals surface area contributed by atoms with Crippen LogP contribution in [0, 0.1) is 6.92 Å². The maximum absolute atomic E-state index is 13.2. The maximum atomic E-state index is 13.2. The van der Waals surface area contributed by atoms with Crippen LogP contribution in [0.15, 0.2) is 59.5 Å². The van der Waals surface area contributed by atoms with Gasteiger partial charge < -0.3 is 4.90 Å². The van der Waals surface area contributed by atoms with Crippen molar-refractivity contribution in [2.24, 2.45) is 0 Å². The summed E-state index contributed by atoms with van der Waals surface area (Å²) in [5.41, 5.74) is 4.40. The van der Waals surface area contributed by atoms with Gasteiger partial charge in [0.2, 0.25) is 0 Å². The van der Waals surface area contributed by atoms with Crippen molar-refractivity contribution in [3.63, 3.8) is 0 Å². The summed E-state index contributed by atoms with van der Waals surface area (Å²) in [6.07, 6.45) is 0.822. The van der Waals surface area contributed by atoms with Crippen LogP contribution in [0.1, 0.15) is 17.5 Å². The lowest BCUT2D eigenvalue weighted by Crippen LogP contribution is -2.13. The highest BCUT2D eigenvalue weighted by atomic mass is 35.5. The van der Waals surface area contributed by atoms with Gasteiger partial charge in [0, 0.05) is 46.3 Å². The molecule has 5 nitrogen and oxygen atoms in total. The molecule has 2 heterocycles. The monoisotopic (exact) mass is 485 g/mol. The van der Waals surface area contributed by atoms with E-state index in [1.54, 1.807) is 29.5 Å². The Morgan fingerprint density at radius 1 is 1.09 bits per heavy atom. The van der Waals surface area contributed by atoms with Crippen molar-refractivity contribution in [1.82, 2.24) is 4.98 Å². The minimum atomic E-state index is -3.83. The van der Waals surface area contributed by atoms with E-state index in [1.807, 2.05) is 27.1 Å². The normalized spacial score (nSPS) is 11.7. The molecule has 4 aromatic rings. The van der Waals surface area contributed by atoms with E-state index in [0.29, 0.717) is 10.7 Å². The highest BCUT2D eigenvalue weighted by Crippen LogP contribution is 2.43. The Morgan fingerprint density at radius 2 is 1.84 bits per heavy atom. The second-order valence-electron chi connectivity index (χ2n) is 7.75. The van der Waals surface area contributed by atoms with Gasteiger partial charge in [-0.15, -0.1) is 11.3 Å². The third-order valence-electron chi connectivity index (χ3n) is 5.19. The fourth-order valence-corrected chi connectivity index (χ4v) is 6.25. The smallest absolute Gasteiger partial charge is 0.261 e. The first kappa shape index (κ1) is 22.6. The van der Waals surface area contributed by atoms with E-state index < -0.39 is 10.0 Å². The zero-order chi connectivity index (χ0) is 23.0. The highest BCUT2D eigenvalue weighted by Gasteiger charge is 2.22. The second-order valence-corrected chi connectivity index (χ2v) is 11.0. The molecule has 8 heteroatoms. The summed E-state index contributed by atoms with van der Waals surface area (Å²) < 4.78 is 29.2. The van der Waals surface area contributed by atoms with Gasteiger partial charge in [-0.3, -0.25) is 4.72 Å². The minimum Gasteiger partial charge on any atom is -0.378 e. The molecule has 0 aliphatic heterocycles. The average Bonchev–Trinajstić information content (AvgIpc) is 3.12. The van der Waals surface area contributed by atoms with Gasteiger partial charge in [0.1, 0.15) is 4.83 Å². The molecule has 2 aromatic heterocycles. The lowest BCUT2D eigenvalue weighted by atomic mass is 10.00. The molecule has 0 saturated heterocycles. The van der Waals surface area contributed by atoms with Gasteiger partial charge >= 0.3 is 0 Å². The van der Waals surface area contributed by atoms with E-state index in [4.69, 9.17) is 16.6 Å². The standard InChI is InChI=1S/C24H24ClN3O2S2/c1-5-21-22(16-8-6-10-18(13-16)28(3)4)23-20(12-15(2)26-24(23)31-21)27-32(29,30)19-11-7-9-17(25)14-19/h6-14H,5H2,1-4H3,(H,26,27). The topological polar surface area (TPSA) is 62.3 Å². The van der Waals surface area contributed by atoms with Crippen LogP contribution in [0.4, 0.5) is 11.4 Å². The summed E-state index contributed by atoms with van der Waals surface area (Å²) in [7, 11) is 0.174. The number of rotatable bonds is 6. The number of thiophene rings is 1. The number of benzene rings is 2. The van der Waals surface area contributed by atoms with Crippen molar-refractivity contribution < 1.29 is 8.42 Å². The summed E-state index contributed by atoms with van der Waals surface area (Å²) in [6, 6.07) is 16.3. The number of hydrogen-bond acceptors (Lipinski definition) is 5. The van der Waals surface area contributed by atoms with Gasteiger partial charge in [-0.2, -0.15) is 0 Å². The van der Waals surface area contributed by atoms with E-state index in [0.717, 1.165) is 44.0 Å². The number of sulfonamides is 1. The van der Waals surface area contributed by atoms with E-state index in [9.17, 15) is 8.42 Å². The van der Waals surface area contributed by atoms with E-state index in [2.05, 4.69) is 34.7 Å². The number of anilines is 2. The molecule has 0 bridgehead atoms.